The van der Waals surface area contributed by atoms with Crippen LogP contribution in [0, 0.1) is 11.3 Å². The second-order valence-electron chi connectivity index (χ2n) is 2.40. The van der Waals surface area contributed by atoms with E-state index in [-0.39, 0.29) is 11.9 Å². The molecule has 0 aliphatic heterocycles. The lowest BCUT2D eigenvalue weighted by Gasteiger charge is -2.07. The van der Waals surface area contributed by atoms with Gasteiger partial charge in [-0.15, -0.1) is 0 Å². The number of hydrogen-bond donors (Lipinski definition) is 1. The molecule has 0 rings (SSSR count). The number of carbonyl (C=O) groups excluding carboxylic acids is 1. The van der Waals surface area contributed by atoms with Crippen LogP contribution in [-0.2, 0) is 9.53 Å². The fraction of sp³-hybridized carbons (Fsp3) is 0.750. The van der Waals surface area contributed by atoms with E-state index in [9.17, 15) is 4.79 Å². The highest BCUT2D eigenvalue weighted by Crippen LogP contribution is 1.89. The molecular formula is C8H14N2O2. The van der Waals surface area contributed by atoms with E-state index in [1.807, 2.05) is 13.0 Å². The van der Waals surface area contributed by atoms with Crippen molar-refractivity contribution >= 4 is 5.91 Å². The van der Waals surface area contributed by atoms with Crippen molar-refractivity contribution in [2.75, 3.05) is 13.7 Å². The van der Waals surface area contributed by atoms with Gasteiger partial charge in [0.2, 0.25) is 5.91 Å². The first kappa shape index (κ1) is 10.9. The number of carbonyl (C=O) groups is 1. The number of methoxy groups -OCH3 is 1. The van der Waals surface area contributed by atoms with E-state index in [0.29, 0.717) is 19.4 Å². The van der Waals surface area contributed by atoms with Crippen molar-refractivity contribution in [1.29, 1.82) is 5.26 Å². The minimum atomic E-state index is -0.366. The topological polar surface area (TPSA) is 62.1 Å². The van der Waals surface area contributed by atoms with Gasteiger partial charge in [-0.05, 0) is 6.42 Å². The molecule has 68 valence electrons. The molecule has 0 aromatic heterocycles. The highest BCUT2D eigenvalue weighted by Gasteiger charge is 2.07. The Kier molecular flexibility index (Phi) is 6.02. The van der Waals surface area contributed by atoms with E-state index in [1.165, 1.54) is 7.11 Å². The molecule has 12 heavy (non-hydrogen) atoms. The van der Waals surface area contributed by atoms with Crippen molar-refractivity contribution in [3.8, 4) is 6.07 Å². The van der Waals surface area contributed by atoms with E-state index in [4.69, 9.17) is 10.00 Å². The second kappa shape index (κ2) is 6.62. The Labute approximate surface area is 72.5 Å². The van der Waals surface area contributed by atoms with Crippen LogP contribution in [0.4, 0.5) is 0 Å². The Morgan fingerprint density at radius 3 is 2.83 bits per heavy atom. The molecule has 0 radical (unpaired) electrons. The average Bonchev–Trinajstić information content (AvgIpc) is 2.10. The summed E-state index contributed by atoms with van der Waals surface area (Å²) in [5.41, 5.74) is 0. The summed E-state index contributed by atoms with van der Waals surface area (Å²) in [6.45, 7) is 2.25. The molecule has 0 aliphatic rings. The van der Waals surface area contributed by atoms with Gasteiger partial charge in [0.25, 0.3) is 0 Å². The maximum atomic E-state index is 11.0. The zero-order valence-corrected chi connectivity index (χ0v) is 7.46. The van der Waals surface area contributed by atoms with E-state index in [2.05, 4.69) is 5.32 Å². The lowest BCUT2D eigenvalue weighted by atomic mass is 10.2. The number of rotatable bonds is 5. The van der Waals surface area contributed by atoms with Gasteiger partial charge in [0.15, 0.2) is 0 Å². The van der Waals surface area contributed by atoms with Crippen LogP contribution in [0.2, 0.25) is 0 Å². The zero-order chi connectivity index (χ0) is 9.40. The molecule has 0 aliphatic carbocycles. The second-order valence-corrected chi connectivity index (χ2v) is 2.40. The highest BCUT2D eigenvalue weighted by atomic mass is 16.5. The van der Waals surface area contributed by atoms with Crippen molar-refractivity contribution in [2.24, 2.45) is 0 Å². The summed E-state index contributed by atoms with van der Waals surface area (Å²) < 4.78 is 4.72. The number of nitrogens with zero attached hydrogens (tertiary/aromatic N) is 1. The summed E-state index contributed by atoms with van der Waals surface area (Å²) in [4.78, 5) is 11.0. The number of ether oxygens (including phenoxy) is 1. The molecule has 0 saturated heterocycles. The monoisotopic (exact) mass is 170 g/mol. The molecule has 1 unspecified atom stereocenters. The van der Waals surface area contributed by atoms with Gasteiger partial charge < -0.3 is 10.1 Å². The van der Waals surface area contributed by atoms with Crippen molar-refractivity contribution in [2.45, 2.75) is 25.8 Å². The maximum Gasteiger partial charge on any atom is 0.223 e. The first-order valence-electron chi connectivity index (χ1n) is 3.92. The normalized spacial score (nSPS) is 11.8. The molecule has 0 fully saturated rings. The van der Waals surface area contributed by atoms with Gasteiger partial charge >= 0.3 is 0 Å². The van der Waals surface area contributed by atoms with Crippen molar-refractivity contribution in [3.05, 3.63) is 0 Å². The molecule has 0 aromatic rings. The molecule has 0 saturated carbocycles. The van der Waals surface area contributed by atoms with Gasteiger partial charge in [0.05, 0.1) is 12.7 Å². The first-order valence-corrected chi connectivity index (χ1v) is 3.92. The van der Waals surface area contributed by atoms with Crippen molar-refractivity contribution < 1.29 is 9.53 Å². The van der Waals surface area contributed by atoms with Gasteiger partial charge in [-0.25, -0.2) is 0 Å². The largest absolute Gasteiger partial charge is 0.384 e. The van der Waals surface area contributed by atoms with Crippen LogP contribution >= 0.6 is 0 Å². The smallest absolute Gasteiger partial charge is 0.223 e. The zero-order valence-electron chi connectivity index (χ0n) is 7.46. The standard InChI is InChI=1S/C8H14N2O2/c1-3-7(6-9)10-8(11)4-5-12-2/h7H,3-5H2,1-2H3,(H,10,11). The molecule has 1 amide bonds. The van der Waals surface area contributed by atoms with Crippen molar-refractivity contribution in [1.82, 2.24) is 5.32 Å². The Hall–Kier alpha value is -1.08. The highest BCUT2D eigenvalue weighted by molar-refractivity contribution is 5.76. The number of nitriles is 1. The summed E-state index contributed by atoms with van der Waals surface area (Å²) in [6, 6.07) is 1.62. The predicted octanol–water partition coefficient (Wildman–Crippen LogP) is 0.441. The quantitative estimate of drug-likeness (QED) is 0.651. The lowest BCUT2D eigenvalue weighted by Crippen LogP contribution is -2.33. The number of hydrogen-bond acceptors (Lipinski definition) is 3. The minimum absolute atomic E-state index is 0.134. The van der Waals surface area contributed by atoms with E-state index >= 15 is 0 Å². The molecule has 0 bridgehead atoms. The first-order chi connectivity index (χ1) is 5.74. The van der Waals surface area contributed by atoms with Gasteiger partial charge in [0, 0.05) is 13.5 Å². The van der Waals surface area contributed by atoms with E-state index in [1.54, 1.807) is 0 Å². The van der Waals surface area contributed by atoms with Crippen LogP contribution in [0.5, 0.6) is 0 Å². The van der Waals surface area contributed by atoms with Crippen LogP contribution in [0.1, 0.15) is 19.8 Å². The van der Waals surface area contributed by atoms with Crippen LogP contribution in [-0.4, -0.2) is 25.7 Å². The summed E-state index contributed by atoms with van der Waals surface area (Å²) in [6.07, 6.45) is 0.948. The van der Waals surface area contributed by atoms with Gasteiger partial charge in [-0.2, -0.15) is 5.26 Å². The molecular weight excluding hydrogens is 156 g/mol. The van der Waals surface area contributed by atoms with E-state index < -0.39 is 0 Å². The fourth-order valence-corrected chi connectivity index (χ4v) is 0.687. The van der Waals surface area contributed by atoms with E-state index in [0.717, 1.165) is 0 Å². The molecule has 0 aromatic carbocycles. The van der Waals surface area contributed by atoms with Crippen molar-refractivity contribution in [3.63, 3.8) is 0 Å². The SMILES string of the molecule is CCC(C#N)NC(=O)CCOC. The third kappa shape index (κ3) is 4.69. The molecule has 4 heteroatoms. The maximum absolute atomic E-state index is 11.0. The van der Waals surface area contributed by atoms with Gasteiger partial charge in [-0.1, -0.05) is 6.92 Å². The summed E-state index contributed by atoms with van der Waals surface area (Å²) >= 11 is 0. The Morgan fingerprint density at radius 1 is 1.75 bits per heavy atom. The Balaban J connectivity index is 3.61. The summed E-state index contributed by atoms with van der Waals surface area (Å²) in [7, 11) is 1.54. The molecule has 1 N–H and O–H groups in total. The number of amides is 1. The average molecular weight is 170 g/mol. The molecule has 4 nitrogen and oxygen atoms in total. The molecule has 0 heterocycles. The summed E-state index contributed by atoms with van der Waals surface area (Å²) in [5.74, 6) is -0.134. The van der Waals surface area contributed by atoms with Crippen LogP contribution < -0.4 is 5.32 Å². The fourth-order valence-electron chi connectivity index (χ4n) is 0.687. The van der Waals surface area contributed by atoms with Crippen LogP contribution in [0.15, 0.2) is 0 Å². The molecule has 1 atom stereocenters. The third-order valence-electron chi connectivity index (χ3n) is 1.43. The van der Waals surface area contributed by atoms with Crippen LogP contribution in [0.3, 0.4) is 0 Å². The predicted molar refractivity (Wildman–Crippen MR) is 44.3 cm³/mol. The van der Waals surface area contributed by atoms with Crippen LogP contribution in [0.25, 0.3) is 0 Å². The summed E-state index contributed by atoms with van der Waals surface area (Å²) in [5, 5.41) is 11.1. The minimum Gasteiger partial charge on any atom is -0.384 e. The third-order valence-corrected chi connectivity index (χ3v) is 1.43. The van der Waals surface area contributed by atoms with Gasteiger partial charge in [-0.3, -0.25) is 4.79 Å². The Bertz CT molecular complexity index is 174. The number of nitrogens with one attached hydrogen (secondary N) is 1. The lowest BCUT2D eigenvalue weighted by molar-refractivity contribution is -0.122. The Morgan fingerprint density at radius 2 is 2.42 bits per heavy atom. The molecule has 0 spiro atoms. The van der Waals surface area contributed by atoms with Gasteiger partial charge in [0.1, 0.15) is 6.04 Å².